The average Bonchev–Trinajstić information content (AvgIpc) is 3.02. The molecule has 0 N–H and O–H groups in total. The molecule has 134 valence electrons. The lowest BCUT2D eigenvalue weighted by atomic mass is 9.98. The van der Waals surface area contributed by atoms with E-state index in [2.05, 4.69) is 4.98 Å². The molecule has 25 heavy (non-hydrogen) atoms. The van der Waals surface area contributed by atoms with Crippen LogP contribution in [0.1, 0.15) is 19.8 Å². The van der Waals surface area contributed by atoms with Gasteiger partial charge in [0.1, 0.15) is 0 Å². The number of thioether (sulfide) groups is 1. The maximum Gasteiger partial charge on any atom is 0.310 e. The average molecular weight is 399 g/mol. The van der Waals surface area contributed by atoms with Gasteiger partial charge in [-0.3, -0.25) is 9.59 Å². The van der Waals surface area contributed by atoms with Crippen molar-refractivity contribution in [3.63, 3.8) is 0 Å². The maximum absolute atomic E-state index is 12.5. The molecule has 1 fully saturated rings. The molecule has 0 spiro atoms. The van der Waals surface area contributed by atoms with E-state index in [1.54, 1.807) is 23.2 Å². The summed E-state index contributed by atoms with van der Waals surface area (Å²) >= 11 is 8.96. The number of likely N-dealkylation sites (tertiary alicyclic amines) is 1. The molecule has 3 rings (SSSR count). The largest absolute Gasteiger partial charge is 0.466 e. The molecule has 5 nitrogen and oxygen atoms in total. The number of rotatable bonds is 5. The number of amides is 1. The molecule has 1 saturated heterocycles. The Morgan fingerprint density at radius 1 is 1.48 bits per heavy atom. The summed E-state index contributed by atoms with van der Waals surface area (Å²) in [7, 11) is 0. The second-order valence-electron chi connectivity index (χ2n) is 5.81. The van der Waals surface area contributed by atoms with Crippen LogP contribution >= 0.6 is 34.7 Å². The van der Waals surface area contributed by atoms with Crippen molar-refractivity contribution < 1.29 is 14.3 Å². The van der Waals surface area contributed by atoms with E-state index in [1.807, 2.05) is 18.2 Å². The zero-order valence-corrected chi connectivity index (χ0v) is 16.3. The second-order valence-corrected chi connectivity index (χ2v) is 8.50. The highest BCUT2D eigenvalue weighted by molar-refractivity contribution is 8.01. The highest BCUT2D eigenvalue weighted by atomic mass is 35.5. The highest BCUT2D eigenvalue weighted by Crippen LogP contribution is 2.31. The molecule has 0 saturated carbocycles. The van der Waals surface area contributed by atoms with Gasteiger partial charge in [-0.2, -0.15) is 0 Å². The summed E-state index contributed by atoms with van der Waals surface area (Å²) in [6, 6.07) is 5.61. The van der Waals surface area contributed by atoms with Crippen molar-refractivity contribution >= 4 is 56.8 Å². The minimum absolute atomic E-state index is 0.0382. The SMILES string of the molecule is CCOC(=O)C1CCCN(C(=O)CSc2nc3cc(Cl)ccc3s2)C1. The highest BCUT2D eigenvalue weighted by Gasteiger charge is 2.29. The van der Waals surface area contributed by atoms with Gasteiger partial charge >= 0.3 is 5.97 Å². The number of benzene rings is 1. The number of aromatic nitrogens is 1. The molecule has 0 radical (unpaired) electrons. The number of nitrogens with zero attached hydrogens (tertiary/aromatic N) is 2. The van der Waals surface area contributed by atoms with Crippen LogP contribution in [0.25, 0.3) is 10.2 Å². The van der Waals surface area contributed by atoms with Crippen LogP contribution in [0.3, 0.4) is 0 Å². The number of hydrogen-bond donors (Lipinski definition) is 0. The van der Waals surface area contributed by atoms with Crippen molar-refractivity contribution in [3.8, 4) is 0 Å². The number of ether oxygens (including phenoxy) is 1. The number of piperidine rings is 1. The van der Waals surface area contributed by atoms with Crippen molar-refractivity contribution in [2.45, 2.75) is 24.1 Å². The van der Waals surface area contributed by atoms with E-state index in [0.29, 0.717) is 30.5 Å². The van der Waals surface area contributed by atoms with E-state index in [-0.39, 0.29) is 17.8 Å². The first-order valence-corrected chi connectivity index (χ1v) is 10.4. The van der Waals surface area contributed by atoms with Crippen LogP contribution in [-0.4, -0.2) is 47.2 Å². The van der Waals surface area contributed by atoms with Gasteiger partial charge in [0.25, 0.3) is 0 Å². The summed E-state index contributed by atoms with van der Waals surface area (Å²) in [4.78, 5) is 30.6. The first kappa shape index (κ1) is 18.5. The lowest BCUT2D eigenvalue weighted by Gasteiger charge is -2.31. The summed E-state index contributed by atoms with van der Waals surface area (Å²) < 4.78 is 6.99. The third-order valence-corrected chi connectivity index (χ3v) is 6.44. The minimum atomic E-state index is -0.202. The second kappa shape index (κ2) is 8.38. The van der Waals surface area contributed by atoms with Crippen LogP contribution in [0, 0.1) is 5.92 Å². The fraction of sp³-hybridized carbons (Fsp3) is 0.471. The molecule has 1 aromatic carbocycles. The molecule has 1 atom stereocenters. The Balaban J connectivity index is 1.56. The minimum Gasteiger partial charge on any atom is -0.466 e. The Morgan fingerprint density at radius 2 is 2.32 bits per heavy atom. The van der Waals surface area contributed by atoms with E-state index in [0.717, 1.165) is 27.4 Å². The fourth-order valence-corrected chi connectivity index (χ4v) is 4.93. The van der Waals surface area contributed by atoms with E-state index in [4.69, 9.17) is 16.3 Å². The Morgan fingerprint density at radius 3 is 3.12 bits per heavy atom. The molecular weight excluding hydrogens is 380 g/mol. The van der Waals surface area contributed by atoms with Crippen molar-refractivity contribution in [1.29, 1.82) is 0 Å². The standard InChI is InChI=1S/C17H19ClN2O3S2/c1-2-23-16(22)11-4-3-7-20(9-11)15(21)10-24-17-19-13-8-12(18)5-6-14(13)25-17/h5-6,8,11H,2-4,7,9-10H2,1H3. The van der Waals surface area contributed by atoms with Gasteiger partial charge in [-0.05, 0) is 38.0 Å². The Kier molecular flexibility index (Phi) is 6.19. The molecule has 1 amide bonds. The molecule has 1 aromatic heterocycles. The number of halogens is 1. The number of fused-ring (bicyclic) bond motifs is 1. The van der Waals surface area contributed by atoms with Gasteiger partial charge < -0.3 is 9.64 Å². The third kappa shape index (κ3) is 4.65. The summed E-state index contributed by atoms with van der Waals surface area (Å²) in [5.74, 6) is -0.0393. The van der Waals surface area contributed by atoms with Crippen LogP contribution in [0.15, 0.2) is 22.5 Å². The van der Waals surface area contributed by atoms with Gasteiger partial charge in [-0.1, -0.05) is 23.4 Å². The quantitative estimate of drug-likeness (QED) is 0.565. The summed E-state index contributed by atoms with van der Waals surface area (Å²) in [5, 5.41) is 0.656. The Hall–Kier alpha value is -1.31. The zero-order chi connectivity index (χ0) is 17.8. The number of carbonyl (C=O) groups is 2. The van der Waals surface area contributed by atoms with Crippen LogP contribution in [0.5, 0.6) is 0 Å². The van der Waals surface area contributed by atoms with Crippen LogP contribution in [0.4, 0.5) is 0 Å². The topological polar surface area (TPSA) is 59.5 Å². The van der Waals surface area contributed by atoms with Gasteiger partial charge in [0, 0.05) is 18.1 Å². The molecule has 2 heterocycles. The van der Waals surface area contributed by atoms with Crippen LogP contribution < -0.4 is 0 Å². The summed E-state index contributed by atoms with van der Waals surface area (Å²) in [6.07, 6.45) is 1.62. The molecule has 8 heteroatoms. The predicted octanol–water partition coefficient (Wildman–Crippen LogP) is 3.84. The van der Waals surface area contributed by atoms with E-state index in [1.165, 1.54) is 11.8 Å². The van der Waals surface area contributed by atoms with Crippen molar-refractivity contribution in [2.75, 3.05) is 25.4 Å². The van der Waals surface area contributed by atoms with E-state index in [9.17, 15) is 9.59 Å². The lowest BCUT2D eigenvalue weighted by molar-refractivity contribution is -0.151. The molecule has 1 aliphatic heterocycles. The Bertz CT molecular complexity index is 780. The summed E-state index contributed by atoms with van der Waals surface area (Å²) in [5.41, 5.74) is 0.854. The van der Waals surface area contributed by atoms with E-state index < -0.39 is 0 Å². The maximum atomic E-state index is 12.5. The van der Waals surface area contributed by atoms with Gasteiger partial charge in [0.15, 0.2) is 4.34 Å². The van der Waals surface area contributed by atoms with Crippen molar-refractivity contribution in [2.24, 2.45) is 5.92 Å². The van der Waals surface area contributed by atoms with Crippen LogP contribution in [-0.2, 0) is 14.3 Å². The Labute approximate surface area is 159 Å². The molecule has 1 aliphatic rings. The smallest absolute Gasteiger partial charge is 0.310 e. The molecular formula is C17H19ClN2O3S2. The van der Waals surface area contributed by atoms with E-state index >= 15 is 0 Å². The zero-order valence-electron chi connectivity index (χ0n) is 13.9. The van der Waals surface area contributed by atoms with Crippen molar-refractivity contribution in [1.82, 2.24) is 9.88 Å². The third-order valence-electron chi connectivity index (χ3n) is 4.04. The molecule has 1 unspecified atom stereocenters. The normalized spacial score (nSPS) is 17.7. The van der Waals surface area contributed by atoms with Gasteiger partial charge in [0.05, 0.1) is 28.5 Å². The van der Waals surface area contributed by atoms with Gasteiger partial charge in [-0.25, -0.2) is 4.98 Å². The predicted molar refractivity (Wildman–Crippen MR) is 101 cm³/mol. The van der Waals surface area contributed by atoms with Crippen LogP contribution in [0.2, 0.25) is 5.02 Å². The number of hydrogen-bond acceptors (Lipinski definition) is 6. The number of carbonyl (C=O) groups excluding carboxylic acids is 2. The van der Waals surface area contributed by atoms with Gasteiger partial charge in [-0.15, -0.1) is 11.3 Å². The summed E-state index contributed by atoms with van der Waals surface area (Å²) in [6.45, 7) is 3.32. The molecule has 2 aromatic rings. The number of esters is 1. The first-order chi connectivity index (χ1) is 12.1. The monoisotopic (exact) mass is 398 g/mol. The fourth-order valence-electron chi connectivity index (χ4n) is 2.81. The van der Waals surface area contributed by atoms with Gasteiger partial charge in [0.2, 0.25) is 5.91 Å². The first-order valence-electron chi connectivity index (χ1n) is 8.20. The molecule has 0 bridgehead atoms. The lowest BCUT2D eigenvalue weighted by Crippen LogP contribution is -2.43. The number of thiazole rings is 1. The van der Waals surface area contributed by atoms with Crippen molar-refractivity contribution in [3.05, 3.63) is 23.2 Å². The molecule has 0 aliphatic carbocycles.